The molecule has 0 spiro atoms. The van der Waals surface area contributed by atoms with Crippen molar-refractivity contribution in [1.29, 1.82) is 0 Å². The van der Waals surface area contributed by atoms with Gasteiger partial charge < -0.3 is 14.5 Å². The van der Waals surface area contributed by atoms with Crippen molar-refractivity contribution in [2.24, 2.45) is 5.10 Å². The Balaban J connectivity index is 1.59. The highest BCUT2D eigenvalue weighted by Gasteiger charge is 2.33. The van der Waals surface area contributed by atoms with Crippen molar-refractivity contribution < 1.29 is 14.3 Å². The van der Waals surface area contributed by atoms with E-state index < -0.39 is 0 Å². The molecular weight excluding hydrogens is 452 g/mol. The quantitative estimate of drug-likeness (QED) is 0.409. The van der Waals surface area contributed by atoms with Crippen LogP contribution in [0.25, 0.3) is 0 Å². The highest BCUT2D eigenvalue weighted by molar-refractivity contribution is 7.99. The summed E-state index contributed by atoms with van der Waals surface area (Å²) in [6.07, 6.45) is 0.577. The number of aromatic amines is 1. The molecule has 1 aliphatic heterocycles. The molecule has 1 unspecified atom stereocenters. The molecule has 1 atom stereocenters. The summed E-state index contributed by atoms with van der Waals surface area (Å²) in [6, 6.07) is 15.0. The summed E-state index contributed by atoms with van der Waals surface area (Å²) in [7, 11) is 3.24. The van der Waals surface area contributed by atoms with E-state index in [2.05, 4.69) is 9.97 Å². The second kappa shape index (κ2) is 10.1. The third-order valence-electron chi connectivity index (χ3n) is 5.80. The van der Waals surface area contributed by atoms with Crippen molar-refractivity contribution in [3.63, 3.8) is 0 Å². The van der Waals surface area contributed by atoms with E-state index in [0.29, 0.717) is 22.8 Å². The Labute approximate surface area is 202 Å². The summed E-state index contributed by atoms with van der Waals surface area (Å²) >= 11 is 1.19. The van der Waals surface area contributed by atoms with Gasteiger partial charge in [-0.1, -0.05) is 23.9 Å². The van der Waals surface area contributed by atoms with Gasteiger partial charge in [-0.2, -0.15) is 5.10 Å². The number of ether oxygens (including phenoxy) is 2. The van der Waals surface area contributed by atoms with E-state index in [4.69, 9.17) is 14.6 Å². The molecule has 34 heavy (non-hydrogen) atoms. The summed E-state index contributed by atoms with van der Waals surface area (Å²) in [6.45, 7) is 3.50. The zero-order chi connectivity index (χ0) is 24.2. The van der Waals surface area contributed by atoms with E-state index in [1.54, 1.807) is 28.1 Å². The minimum atomic E-state index is -0.247. The van der Waals surface area contributed by atoms with Gasteiger partial charge in [0.05, 0.1) is 31.7 Å². The summed E-state index contributed by atoms with van der Waals surface area (Å²) < 4.78 is 10.5. The van der Waals surface area contributed by atoms with Gasteiger partial charge in [0.25, 0.3) is 11.5 Å². The maximum atomic E-state index is 13.3. The van der Waals surface area contributed by atoms with E-state index >= 15 is 0 Å². The normalized spacial score (nSPS) is 15.2. The number of benzene rings is 2. The van der Waals surface area contributed by atoms with E-state index in [1.807, 2.05) is 48.5 Å². The van der Waals surface area contributed by atoms with Gasteiger partial charge in [0.15, 0.2) is 5.16 Å². The smallest absolute Gasteiger partial charge is 0.254 e. The number of aryl methyl sites for hydroxylation is 1. The second-order valence-corrected chi connectivity index (χ2v) is 8.84. The molecule has 2 aromatic carbocycles. The third-order valence-corrected chi connectivity index (χ3v) is 6.65. The average molecular weight is 479 g/mol. The van der Waals surface area contributed by atoms with Crippen LogP contribution >= 0.6 is 11.8 Å². The average Bonchev–Trinajstić information content (AvgIpc) is 3.31. The van der Waals surface area contributed by atoms with Crippen molar-refractivity contribution in [3.8, 4) is 11.5 Å². The van der Waals surface area contributed by atoms with Gasteiger partial charge in [-0.25, -0.2) is 9.99 Å². The first-order chi connectivity index (χ1) is 16.4. The summed E-state index contributed by atoms with van der Waals surface area (Å²) in [5.41, 5.74) is 3.74. The fourth-order valence-corrected chi connectivity index (χ4v) is 4.43. The van der Waals surface area contributed by atoms with Crippen LogP contribution in [0, 0.1) is 13.8 Å². The van der Waals surface area contributed by atoms with Crippen LogP contribution in [-0.2, 0) is 4.79 Å². The standard InChI is InChI=1S/C25H26N4O4S/c1-15-16(2)26-25(27-24(15)31)34-14-23(30)29-22(18-7-11-20(33-4)12-8-18)13-21(28-29)17-5-9-19(32-3)10-6-17/h5-12,22H,13-14H2,1-4H3,(H,26,27,31). The summed E-state index contributed by atoms with van der Waals surface area (Å²) in [5, 5.41) is 6.65. The molecule has 0 saturated heterocycles. The van der Waals surface area contributed by atoms with Crippen molar-refractivity contribution in [3.05, 3.63) is 81.3 Å². The number of nitrogens with zero attached hydrogens (tertiary/aromatic N) is 3. The molecule has 4 rings (SSSR count). The van der Waals surface area contributed by atoms with Crippen molar-refractivity contribution >= 4 is 23.4 Å². The van der Waals surface area contributed by atoms with Gasteiger partial charge in [-0.15, -0.1) is 0 Å². The van der Waals surface area contributed by atoms with E-state index in [9.17, 15) is 9.59 Å². The molecule has 0 radical (unpaired) electrons. The highest BCUT2D eigenvalue weighted by atomic mass is 32.2. The molecule has 1 N–H and O–H groups in total. The van der Waals surface area contributed by atoms with Gasteiger partial charge in [0.2, 0.25) is 0 Å². The van der Waals surface area contributed by atoms with Crippen LogP contribution in [0.2, 0.25) is 0 Å². The first-order valence-electron chi connectivity index (χ1n) is 10.8. The second-order valence-electron chi connectivity index (χ2n) is 7.88. The first-order valence-corrected chi connectivity index (χ1v) is 11.8. The molecule has 0 saturated carbocycles. The van der Waals surface area contributed by atoms with Gasteiger partial charge in [0.1, 0.15) is 11.5 Å². The SMILES string of the molecule is COc1ccc(C2=NN(C(=O)CSc3nc(C)c(C)c(=O)[nH]3)C(c3ccc(OC)cc3)C2)cc1. The Kier molecular flexibility index (Phi) is 7.02. The molecule has 0 bridgehead atoms. The lowest BCUT2D eigenvalue weighted by atomic mass is 9.98. The van der Waals surface area contributed by atoms with E-state index in [1.165, 1.54) is 16.8 Å². The van der Waals surface area contributed by atoms with Gasteiger partial charge in [-0.3, -0.25) is 9.59 Å². The Morgan fingerprint density at radius 2 is 1.68 bits per heavy atom. The predicted molar refractivity (Wildman–Crippen MR) is 132 cm³/mol. The summed E-state index contributed by atoms with van der Waals surface area (Å²) in [4.78, 5) is 32.4. The number of nitrogens with one attached hydrogen (secondary N) is 1. The zero-order valence-corrected chi connectivity index (χ0v) is 20.3. The van der Waals surface area contributed by atoms with Crippen LogP contribution in [0.3, 0.4) is 0 Å². The van der Waals surface area contributed by atoms with Crippen LogP contribution in [-0.4, -0.2) is 46.6 Å². The predicted octanol–water partition coefficient (Wildman–Crippen LogP) is 3.87. The lowest BCUT2D eigenvalue weighted by molar-refractivity contribution is -0.130. The Morgan fingerprint density at radius 1 is 1.06 bits per heavy atom. The molecule has 0 fully saturated rings. The molecule has 8 nitrogen and oxygen atoms in total. The molecule has 2 heterocycles. The lowest BCUT2D eigenvalue weighted by Crippen LogP contribution is -2.28. The Bertz CT molecular complexity index is 1270. The fraction of sp³-hybridized carbons (Fsp3) is 0.280. The van der Waals surface area contributed by atoms with E-state index in [-0.39, 0.29) is 23.3 Å². The molecule has 1 amide bonds. The number of amides is 1. The minimum Gasteiger partial charge on any atom is -0.497 e. The molecule has 176 valence electrons. The summed E-state index contributed by atoms with van der Waals surface area (Å²) in [5.74, 6) is 1.43. The van der Waals surface area contributed by atoms with Gasteiger partial charge in [0, 0.05) is 17.7 Å². The number of methoxy groups -OCH3 is 2. The van der Waals surface area contributed by atoms with Crippen LogP contribution in [0.1, 0.15) is 34.8 Å². The number of hydrazone groups is 1. The van der Waals surface area contributed by atoms with Crippen LogP contribution in [0.5, 0.6) is 11.5 Å². The number of H-pyrrole nitrogens is 1. The monoisotopic (exact) mass is 478 g/mol. The molecule has 1 aromatic heterocycles. The molecular formula is C25H26N4O4S. The molecule has 1 aliphatic rings. The van der Waals surface area contributed by atoms with Crippen molar-refractivity contribution in [1.82, 2.24) is 15.0 Å². The molecule has 9 heteroatoms. The number of hydrogen-bond acceptors (Lipinski definition) is 7. The maximum absolute atomic E-state index is 13.3. The Hall–Kier alpha value is -3.59. The van der Waals surface area contributed by atoms with Crippen molar-refractivity contribution in [2.45, 2.75) is 31.5 Å². The molecule has 3 aromatic rings. The lowest BCUT2D eigenvalue weighted by Gasteiger charge is -2.22. The number of carbonyl (C=O) groups is 1. The topological polar surface area (TPSA) is 96.9 Å². The number of carbonyl (C=O) groups excluding carboxylic acids is 1. The maximum Gasteiger partial charge on any atom is 0.254 e. The number of hydrogen-bond donors (Lipinski definition) is 1. The van der Waals surface area contributed by atoms with Gasteiger partial charge >= 0.3 is 0 Å². The van der Waals surface area contributed by atoms with Crippen LogP contribution in [0.15, 0.2) is 63.6 Å². The third kappa shape index (κ3) is 4.99. The van der Waals surface area contributed by atoms with Crippen LogP contribution in [0.4, 0.5) is 0 Å². The largest absolute Gasteiger partial charge is 0.497 e. The Morgan fingerprint density at radius 3 is 2.26 bits per heavy atom. The number of thioether (sulfide) groups is 1. The minimum absolute atomic E-state index is 0.0947. The molecule has 0 aliphatic carbocycles. The van der Waals surface area contributed by atoms with E-state index in [0.717, 1.165) is 28.3 Å². The first kappa shape index (κ1) is 23.6. The number of rotatable bonds is 7. The zero-order valence-electron chi connectivity index (χ0n) is 19.5. The van der Waals surface area contributed by atoms with Gasteiger partial charge in [-0.05, 0) is 61.4 Å². The fourth-order valence-electron chi connectivity index (χ4n) is 3.67. The highest BCUT2D eigenvalue weighted by Crippen LogP contribution is 2.34. The van der Waals surface area contributed by atoms with Crippen LogP contribution < -0.4 is 15.0 Å². The number of aromatic nitrogens is 2. The van der Waals surface area contributed by atoms with Crippen molar-refractivity contribution in [2.75, 3.05) is 20.0 Å².